The molecule has 10 heteroatoms. The summed E-state index contributed by atoms with van der Waals surface area (Å²) in [4.78, 5) is 29.2. The maximum Gasteiger partial charge on any atom is 0.407 e. The van der Waals surface area contributed by atoms with E-state index in [1.807, 2.05) is 0 Å². The second-order valence-corrected chi connectivity index (χ2v) is 6.90. The Kier molecular flexibility index (Phi) is 3.96. The van der Waals surface area contributed by atoms with Gasteiger partial charge in [0.15, 0.2) is 21.4 Å². The fourth-order valence-electron chi connectivity index (χ4n) is 1.96. The number of rotatable bonds is 2. The van der Waals surface area contributed by atoms with Gasteiger partial charge >= 0.3 is 6.09 Å². The normalized spacial score (nSPS) is 18.2. The first-order chi connectivity index (χ1) is 10.1. The van der Waals surface area contributed by atoms with Gasteiger partial charge in [0.05, 0.1) is 4.90 Å². The quantitative estimate of drug-likeness (QED) is 0.799. The molecule has 0 unspecified atom stereocenters. The first-order valence-corrected chi connectivity index (χ1v) is 8.08. The van der Waals surface area contributed by atoms with Crippen molar-refractivity contribution in [2.45, 2.75) is 10.9 Å². The van der Waals surface area contributed by atoms with E-state index in [9.17, 15) is 18.0 Å². The van der Waals surface area contributed by atoms with Gasteiger partial charge in [-0.2, -0.15) is 0 Å². The van der Waals surface area contributed by atoms with Gasteiger partial charge in [0, 0.05) is 32.6 Å². The molecule has 2 rings (SSSR count). The number of hydrogen-bond donors (Lipinski definition) is 1. The second kappa shape index (κ2) is 5.44. The lowest BCUT2D eigenvalue weighted by Crippen LogP contribution is -2.49. The lowest BCUT2D eigenvalue weighted by molar-refractivity contribution is -0.123. The first-order valence-electron chi connectivity index (χ1n) is 6.19. The van der Waals surface area contributed by atoms with Crippen LogP contribution in [0.3, 0.4) is 0 Å². The molecule has 2 amide bonds. The summed E-state index contributed by atoms with van der Waals surface area (Å²) in [6.45, 7) is -0.228. The van der Waals surface area contributed by atoms with Crippen LogP contribution in [0.15, 0.2) is 17.2 Å². The third-order valence-electron chi connectivity index (χ3n) is 3.34. The molecule has 0 aromatic carbocycles. The third-order valence-corrected chi connectivity index (χ3v) is 4.41. The lowest BCUT2D eigenvalue weighted by Gasteiger charge is -2.24. The van der Waals surface area contributed by atoms with Gasteiger partial charge < -0.3 is 9.84 Å². The Balaban J connectivity index is 2.44. The van der Waals surface area contributed by atoms with E-state index in [2.05, 4.69) is 4.98 Å². The molecule has 0 bridgehead atoms. The zero-order chi connectivity index (χ0) is 16.7. The van der Waals surface area contributed by atoms with Crippen LogP contribution in [0.1, 0.15) is 0 Å². The van der Waals surface area contributed by atoms with E-state index in [-0.39, 0.29) is 23.1 Å². The van der Waals surface area contributed by atoms with Crippen LogP contribution in [-0.2, 0) is 14.6 Å². The summed E-state index contributed by atoms with van der Waals surface area (Å²) in [6, 6.07) is 0.225. The number of anilines is 1. The Morgan fingerprint density at radius 2 is 2.18 bits per heavy atom. The molecule has 1 aromatic heterocycles. The minimum Gasteiger partial charge on any atom is -0.487 e. The van der Waals surface area contributed by atoms with Crippen molar-refractivity contribution in [3.63, 3.8) is 0 Å². The van der Waals surface area contributed by atoms with Crippen molar-refractivity contribution in [2.75, 3.05) is 31.9 Å². The van der Waals surface area contributed by atoms with Gasteiger partial charge in [0.25, 0.3) is 5.91 Å². The molecule has 1 aromatic rings. The number of fused-ring (bicyclic) bond motifs is 1. The van der Waals surface area contributed by atoms with Crippen molar-refractivity contribution in [2.24, 2.45) is 0 Å². The van der Waals surface area contributed by atoms with E-state index in [0.29, 0.717) is 0 Å². The first kappa shape index (κ1) is 16.0. The Morgan fingerprint density at radius 1 is 1.55 bits per heavy atom. The Hall–Kier alpha value is -2.36. The van der Waals surface area contributed by atoms with Crippen LogP contribution in [0.2, 0.25) is 0 Å². The SMILES string of the molecule is CN1C(=O)[C@@H](N(C)C(=O)O)COc2cc(S(C)(=O)=O)cnc21. The summed E-state index contributed by atoms with van der Waals surface area (Å²) in [5, 5.41) is 9.00. The Bertz CT molecular complexity index is 732. The van der Waals surface area contributed by atoms with E-state index < -0.39 is 27.9 Å². The van der Waals surface area contributed by atoms with Crippen LogP contribution in [0.4, 0.5) is 10.6 Å². The standard InChI is InChI=1S/C12H15N3O6S/c1-14(12(17)18)8-6-21-9-4-7(22(3,19)20)5-13-10(9)15(2)11(8)16/h4-5,8H,6H2,1-3H3,(H,17,18)/t8-/m0/s1. The number of pyridine rings is 1. The molecule has 0 radical (unpaired) electrons. The predicted octanol–water partition coefficient (Wildman–Crippen LogP) is -0.181. The number of hydrogen-bond acceptors (Lipinski definition) is 6. The zero-order valence-electron chi connectivity index (χ0n) is 12.2. The maximum absolute atomic E-state index is 12.3. The van der Waals surface area contributed by atoms with Crippen molar-refractivity contribution < 1.29 is 27.9 Å². The van der Waals surface area contributed by atoms with Crippen LogP contribution in [0.5, 0.6) is 5.75 Å². The summed E-state index contributed by atoms with van der Waals surface area (Å²) < 4.78 is 28.5. The highest BCUT2D eigenvalue weighted by molar-refractivity contribution is 7.90. The molecule has 1 atom stereocenters. The Labute approximate surface area is 127 Å². The minimum absolute atomic E-state index is 0.0443. The van der Waals surface area contributed by atoms with Gasteiger partial charge in [-0.3, -0.25) is 14.6 Å². The van der Waals surface area contributed by atoms with Crippen LogP contribution in [0.25, 0.3) is 0 Å². The monoisotopic (exact) mass is 329 g/mol. The molecular formula is C12H15N3O6S. The summed E-state index contributed by atoms with van der Waals surface area (Å²) in [6.07, 6.45) is 0.886. The largest absolute Gasteiger partial charge is 0.487 e. The second-order valence-electron chi connectivity index (χ2n) is 4.88. The van der Waals surface area contributed by atoms with Gasteiger partial charge in [-0.25, -0.2) is 18.2 Å². The number of aromatic nitrogens is 1. The van der Waals surface area contributed by atoms with Crippen molar-refractivity contribution in [3.8, 4) is 5.75 Å². The van der Waals surface area contributed by atoms with Crippen LogP contribution in [-0.4, -0.2) is 68.4 Å². The molecule has 120 valence electrons. The van der Waals surface area contributed by atoms with Crippen molar-refractivity contribution in [1.29, 1.82) is 0 Å². The summed E-state index contributed by atoms with van der Waals surface area (Å²) in [5.41, 5.74) is 0. The molecule has 1 N–H and O–H groups in total. The van der Waals surface area contributed by atoms with Crippen molar-refractivity contribution in [3.05, 3.63) is 12.3 Å². The van der Waals surface area contributed by atoms with Crippen molar-refractivity contribution in [1.82, 2.24) is 9.88 Å². The number of amides is 2. The lowest BCUT2D eigenvalue weighted by atomic mass is 10.2. The number of carbonyl (C=O) groups excluding carboxylic acids is 1. The average molecular weight is 329 g/mol. The fourth-order valence-corrected chi connectivity index (χ4v) is 2.52. The molecule has 22 heavy (non-hydrogen) atoms. The molecule has 0 saturated carbocycles. The number of nitrogens with zero attached hydrogens (tertiary/aromatic N) is 3. The summed E-state index contributed by atoms with van der Waals surface area (Å²) in [5.74, 6) is -0.262. The average Bonchev–Trinajstić information content (AvgIpc) is 2.55. The molecule has 1 aliphatic heterocycles. The van der Waals surface area contributed by atoms with Crippen molar-refractivity contribution >= 4 is 27.7 Å². The third kappa shape index (κ3) is 2.82. The number of carbonyl (C=O) groups is 2. The predicted molar refractivity (Wildman–Crippen MR) is 75.8 cm³/mol. The smallest absolute Gasteiger partial charge is 0.407 e. The number of likely N-dealkylation sites (N-methyl/N-ethyl adjacent to an activating group) is 2. The number of carboxylic acid groups (broad SMARTS) is 1. The number of ether oxygens (including phenoxy) is 1. The van der Waals surface area contributed by atoms with Gasteiger partial charge in [-0.15, -0.1) is 0 Å². The van der Waals surface area contributed by atoms with Crippen LogP contribution >= 0.6 is 0 Å². The molecule has 2 heterocycles. The van der Waals surface area contributed by atoms with E-state index in [0.717, 1.165) is 22.3 Å². The molecular weight excluding hydrogens is 314 g/mol. The molecule has 0 aliphatic carbocycles. The highest BCUT2D eigenvalue weighted by atomic mass is 32.2. The highest BCUT2D eigenvalue weighted by Gasteiger charge is 2.35. The zero-order valence-corrected chi connectivity index (χ0v) is 13.0. The van der Waals surface area contributed by atoms with Gasteiger partial charge in [-0.1, -0.05) is 0 Å². The summed E-state index contributed by atoms with van der Waals surface area (Å²) in [7, 11) is -0.793. The maximum atomic E-state index is 12.3. The highest BCUT2D eigenvalue weighted by Crippen LogP contribution is 2.31. The summed E-state index contributed by atoms with van der Waals surface area (Å²) >= 11 is 0. The van der Waals surface area contributed by atoms with Gasteiger partial charge in [-0.05, 0) is 0 Å². The fraction of sp³-hybridized carbons (Fsp3) is 0.417. The van der Waals surface area contributed by atoms with E-state index in [1.54, 1.807) is 0 Å². The molecule has 0 saturated heterocycles. The van der Waals surface area contributed by atoms with Crippen LogP contribution < -0.4 is 9.64 Å². The van der Waals surface area contributed by atoms with E-state index in [4.69, 9.17) is 9.84 Å². The molecule has 9 nitrogen and oxygen atoms in total. The van der Waals surface area contributed by atoms with E-state index in [1.165, 1.54) is 20.2 Å². The Morgan fingerprint density at radius 3 is 2.73 bits per heavy atom. The molecule has 0 fully saturated rings. The van der Waals surface area contributed by atoms with Gasteiger partial charge in [0.2, 0.25) is 0 Å². The number of sulfone groups is 1. The van der Waals surface area contributed by atoms with E-state index >= 15 is 0 Å². The topological polar surface area (TPSA) is 117 Å². The van der Waals surface area contributed by atoms with Crippen LogP contribution in [0, 0.1) is 0 Å². The molecule has 0 spiro atoms. The minimum atomic E-state index is -3.47. The van der Waals surface area contributed by atoms with Gasteiger partial charge in [0.1, 0.15) is 12.6 Å². The molecule has 1 aliphatic rings.